The lowest BCUT2D eigenvalue weighted by atomic mass is 9.59. The number of carbonyl (C=O) groups is 2. The molecular weight excluding hydrogens is 331 g/mol. The van der Waals surface area contributed by atoms with E-state index in [1.807, 2.05) is 13.8 Å². The van der Waals surface area contributed by atoms with Crippen LogP contribution in [0.15, 0.2) is 18.2 Å². The van der Waals surface area contributed by atoms with Gasteiger partial charge in [0.2, 0.25) is 11.8 Å². The summed E-state index contributed by atoms with van der Waals surface area (Å²) in [5.74, 6) is -0.859. The summed E-state index contributed by atoms with van der Waals surface area (Å²) in [7, 11) is 0. The van der Waals surface area contributed by atoms with E-state index in [0.717, 1.165) is 12.8 Å². The molecule has 0 saturated carbocycles. The van der Waals surface area contributed by atoms with Gasteiger partial charge in [0.1, 0.15) is 5.82 Å². The van der Waals surface area contributed by atoms with Crippen LogP contribution < -0.4 is 4.90 Å². The first-order valence-electron chi connectivity index (χ1n) is 7.98. The van der Waals surface area contributed by atoms with E-state index in [1.165, 1.54) is 28.4 Å². The van der Waals surface area contributed by atoms with Crippen molar-refractivity contribution < 1.29 is 18.7 Å². The Morgan fingerprint density at radius 2 is 1.83 bits per heavy atom. The lowest BCUT2D eigenvalue weighted by molar-refractivity contribution is -0.132. The molecule has 2 bridgehead atoms. The third kappa shape index (κ3) is 1.38. The fraction of sp³-hybridized carbons (Fsp3) is 0.471. The lowest BCUT2D eigenvalue weighted by Gasteiger charge is -2.36. The number of carbonyl (C=O) groups excluding carboxylic acids is 2. The molecule has 7 heteroatoms. The number of anilines is 1. The number of imide groups is 1. The summed E-state index contributed by atoms with van der Waals surface area (Å²) in [5, 5.41) is 0.321. The summed E-state index contributed by atoms with van der Waals surface area (Å²) in [6.45, 7) is 3.67. The van der Waals surface area contributed by atoms with Crippen LogP contribution in [0.3, 0.4) is 0 Å². The van der Waals surface area contributed by atoms with Crippen molar-refractivity contribution in [3.05, 3.63) is 24.0 Å². The van der Waals surface area contributed by atoms with Gasteiger partial charge in [-0.05, 0) is 44.9 Å². The van der Waals surface area contributed by atoms with Crippen molar-refractivity contribution in [3.63, 3.8) is 0 Å². The van der Waals surface area contributed by atoms with E-state index < -0.39 is 10.8 Å². The molecular formula is C17H15FN2O3S. The number of amides is 2. The summed E-state index contributed by atoms with van der Waals surface area (Å²) in [6.07, 6.45) is 1.16. The predicted molar refractivity (Wildman–Crippen MR) is 86.2 cm³/mol. The minimum Gasteiger partial charge on any atom is -0.373 e. The number of halogens is 1. The molecule has 4 atom stereocenters. The highest BCUT2D eigenvalue weighted by Crippen LogP contribution is 2.64. The van der Waals surface area contributed by atoms with Crippen LogP contribution in [-0.4, -0.2) is 29.0 Å². The first-order chi connectivity index (χ1) is 11.4. The van der Waals surface area contributed by atoms with Crippen molar-refractivity contribution in [2.75, 3.05) is 4.90 Å². The molecule has 3 aliphatic heterocycles. The van der Waals surface area contributed by atoms with Crippen molar-refractivity contribution in [2.24, 2.45) is 10.8 Å². The van der Waals surface area contributed by atoms with Gasteiger partial charge in [-0.1, -0.05) is 11.3 Å². The van der Waals surface area contributed by atoms with E-state index >= 15 is 0 Å². The molecule has 3 saturated heterocycles. The van der Waals surface area contributed by atoms with E-state index in [2.05, 4.69) is 4.98 Å². The minimum absolute atomic E-state index is 0.222. The number of fused-ring (bicyclic) bond motifs is 6. The second kappa shape index (κ2) is 4.21. The highest BCUT2D eigenvalue weighted by Gasteiger charge is 2.77. The molecule has 2 amide bonds. The summed E-state index contributed by atoms with van der Waals surface area (Å²) in [5.41, 5.74) is -1.12. The average molecular weight is 346 g/mol. The highest BCUT2D eigenvalue weighted by atomic mass is 32.1. The first kappa shape index (κ1) is 14.5. The van der Waals surface area contributed by atoms with E-state index in [-0.39, 0.29) is 29.8 Å². The molecule has 0 radical (unpaired) electrons. The Balaban J connectivity index is 1.67. The molecule has 0 aliphatic carbocycles. The van der Waals surface area contributed by atoms with Gasteiger partial charge in [0.25, 0.3) is 0 Å². The van der Waals surface area contributed by atoms with Crippen LogP contribution in [0, 0.1) is 16.6 Å². The SMILES string of the molecule is C[C@@]12C(=O)N(c3nc4ccc(F)cc4s3)C(=O)[C@]1(C)[C@@H]1CC[C@H]2O1. The Morgan fingerprint density at radius 1 is 1.21 bits per heavy atom. The van der Waals surface area contributed by atoms with Gasteiger partial charge in [-0.15, -0.1) is 0 Å². The van der Waals surface area contributed by atoms with Gasteiger partial charge in [0.15, 0.2) is 5.13 Å². The molecule has 0 spiro atoms. The number of rotatable bonds is 1. The van der Waals surface area contributed by atoms with Crippen LogP contribution in [0.4, 0.5) is 9.52 Å². The summed E-state index contributed by atoms with van der Waals surface area (Å²) in [6, 6.07) is 4.26. The van der Waals surface area contributed by atoms with Gasteiger partial charge < -0.3 is 4.74 Å². The number of hydrogen-bond donors (Lipinski definition) is 0. The maximum atomic E-state index is 13.4. The summed E-state index contributed by atoms with van der Waals surface area (Å²) in [4.78, 5) is 31.9. The number of ether oxygens (including phenoxy) is 1. The zero-order valence-electron chi connectivity index (χ0n) is 13.2. The first-order valence-corrected chi connectivity index (χ1v) is 8.79. The number of hydrogen-bond acceptors (Lipinski definition) is 5. The van der Waals surface area contributed by atoms with Gasteiger partial charge in [0, 0.05) is 0 Å². The summed E-state index contributed by atoms with van der Waals surface area (Å²) < 4.78 is 19.9. The van der Waals surface area contributed by atoms with E-state index in [9.17, 15) is 14.0 Å². The van der Waals surface area contributed by atoms with Crippen LogP contribution in [0.5, 0.6) is 0 Å². The lowest BCUT2D eigenvalue weighted by Crippen LogP contribution is -2.48. The maximum absolute atomic E-state index is 13.4. The van der Waals surface area contributed by atoms with Crippen molar-refractivity contribution in [1.29, 1.82) is 0 Å². The number of thiazole rings is 1. The molecule has 3 fully saturated rings. The fourth-order valence-electron chi connectivity index (χ4n) is 4.59. The van der Waals surface area contributed by atoms with E-state index in [0.29, 0.717) is 15.3 Å². The number of aromatic nitrogens is 1. The molecule has 5 nitrogen and oxygen atoms in total. The monoisotopic (exact) mass is 346 g/mol. The second-order valence-electron chi connectivity index (χ2n) is 7.15. The van der Waals surface area contributed by atoms with Crippen LogP contribution >= 0.6 is 11.3 Å². The average Bonchev–Trinajstić information content (AvgIpc) is 3.25. The molecule has 0 unspecified atom stereocenters. The Hall–Kier alpha value is -1.86. The van der Waals surface area contributed by atoms with Crippen LogP contribution in [0.25, 0.3) is 10.2 Å². The van der Waals surface area contributed by atoms with Crippen molar-refractivity contribution in [2.45, 2.75) is 38.9 Å². The van der Waals surface area contributed by atoms with Gasteiger partial charge in [-0.3, -0.25) is 9.59 Å². The summed E-state index contributed by atoms with van der Waals surface area (Å²) >= 11 is 1.17. The third-order valence-corrected chi connectivity index (χ3v) is 7.21. The fourth-order valence-corrected chi connectivity index (χ4v) is 5.58. The molecule has 124 valence electrons. The third-order valence-electron chi connectivity index (χ3n) is 6.21. The number of benzene rings is 1. The smallest absolute Gasteiger partial charge is 0.245 e. The van der Waals surface area contributed by atoms with Crippen molar-refractivity contribution in [1.82, 2.24) is 4.98 Å². The normalized spacial score (nSPS) is 37.7. The molecule has 0 N–H and O–H groups in total. The van der Waals surface area contributed by atoms with Gasteiger partial charge in [-0.25, -0.2) is 14.3 Å². The Bertz CT molecular complexity index is 894. The Labute approximate surface area is 141 Å². The molecule has 1 aromatic carbocycles. The van der Waals surface area contributed by atoms with Crippen LogP contribution in [0.1, 0.15) is 26.7 Å². The zero-order valence-corrected chi connectivity index (χ0v) is 14.0. The van der Waals surface area contributed by atoms with Crippen molar-refractivity contribution in [3.8, 4) is 0 Å². The Kier molecular flexibility index (Phi) is 2.54. The topological polar surface area (TPSA) is 59.5 Å². The molecule has 2 aromatic rings. The zero-order chi connectivity index (χ0) is 16.9. The molecule has 5 rings (SSSR count). The van der Waals surface area contributed by atoms with Crippen molar-refractivity contribution >= 4 is 38.5 Å². The predicted octanol–water partition coefficient (Wildman–Crippen LogP) is 2.88. The molecule has 4 heterocycles. The van der Waals surface area contributed by atoms with Crippen LogP contribution in [0.2, 0.25) is 0 Å². The molecule has 1 aromatic heterocycles. The quantitative estimate of drug-likeness (QED) is 0.745. The van der Waals surface area contributed by atoms with Gasteiger partial charge in [0.05, 0.1) is 33.3 Å². The second-order valence-corrected chi connectivity index (χ2v) is 8.16. The molecule has 3 aliphatic rings. The highest BCUT2D eigenvalue weighted by molar-refractivity contribution is 7.22. The number of nitrogens with zero attached hydrogens (tertiary/aromatic N) is 2. The van der Waals surface area contributed by atoms with Crippen LogP contribution in [-0.2, 0) is 14.3 Å². The van der Waals surface area contributed by atoms with E-state index in [1.54, 1.807) is 6.07 Å². The minimum atomic E-state index is -0.851. The van der Waals surface area contributed by atoms with Gasteiger partial charge in [-0.2, -0.15) is 0 Å². The molecule has 24 heavy (non-hydrogen) atoms. The Morgan fingerprint density at radius 3 is 2.46 bits per heavy atom. The maximum Gasteiger partial charge on any atom is 0.245 e. The largest absolute Gasteiger partial charge is 0.373 e. The van der Waals surface area contributed by atoms with E-state index in [4.69, 9.17) is 4.74 Å². The standard InChI is InChI=1S/C17H15FN2O3S/c1-16-11-5-6-12(23-11)17(16,2)14(22)20(13(16)21)15-19-9-4-3-8(18)7-10(9)24-15/h3-4,7,11-12H,5-6H2,1-2H3/t11-,12+,16-,17+. The van der Waals surface area contributed by atoms with Gasteiger partial charge >= 0.3 is 0 Å².